The number of aliphatic hydroxyl groups excluding tert-OH is 1. The van der Waals surface area contributed by atoms with Crippen molar-refractivity contribution in [2.45, 2.75) is 26.4 Å². The van der Waals surface area contributed by atoms with Gasteiger partial charge in [0.2, 0.25) is 5.91 Å². The monoisotopic (exact) mass is 290 g/mol. The Morgan fingerprint density at radius 1 is 1.40 bits per heavy atom. The molecule has 0 saturated carbocycles. The topological polar surface area (TPSA) is 62.2 Å². The molecule has 20 heavy (non-hydrogen) atoms. The maximum atomic E-state index is 11.6. The van der Waals surface area contributed by atoms with E-state index in [-0.39, 0.29) is 18.9 Å². The van der Waals surface area contributed by atoms with Crippen LogP contribution in [0.15, 0.2) is 29.6 Å². The average molecular weight is 290 g/mol. The summed E-state index contributed by atoms with van der Waals surface area (Å²) in [6.45, 7) is 3.95. The lowest BCUT2D eigenvalue weighted by molar-refractivity contribution is -0.120. The van der Waals surface area contributed by atoms with E-state index in [2.05, 4.69) is 10.3 Å². The first kappa shape index (κ1) is 14.7. The number of nitrogens with one attached hydrogen (secondary N) is 1. The quantitative estimate of drug-likeness (QED) is 0.887. The van der Waals surface area contributed by atoms with Crippen LogP contribution < -0.4 is 5.32 Å². The Hall–Kier alpha value is -1.72. The molecule has 0 bridgehead atoms. The molecule has 0 aliphatic carbocycles. The molecule has 106 valence electrons. The fraction of sp³-hybridized carbons (Fsp3) is 0.333. The zero-order valence-corrected chi connectivity index (χ0v) is 12.4. The average Bonchev–Trinajstić information content (AvgIpc) is 2.85. The Labute approximate surface area is 122 Å². The van der Waals surface area contributed by atoms with Crippen molar-refractivity contribution in [3.8, 4) is 10.6 Å². The molecular formula is C15H18N2O2S. The Kier molecular flexibility index (Phi) is 4.87. The second-order valence-electron chi connectivity index (χ2n) is 4.84. The van der Waals surface area contributed by atoms with Crippen LogP contribution in [0, 0.1) is 6.92 Å². The van der Waals surface area contributed by atoms with Crippen molar-refractivity contribution in [1.29, 1.82) is 0 Å². The van der Waals surface area contributed by atoms with Gasteiger partial charge in [-0.05, 0) is 13.8 Å². The summed E-state index contributed by atoms with van der Waals surface area (Å²) >= 11 is 1.53. The molecule has 1 aromatic carbocycles. The number of nitrogens with zero attached hydrogens (tertiary/aromatic N) is 1. The van der Waals surface area contributed by atoms with Gasteiger partial charge in [0, 0.05) is 17.5 Å². The van der Waals surface area contributed by atoms with E-state index in [1.165, 1.54) is 16.9 Å². The number of rotatable bonds is 5. The van der Waals surface area contributed by atoms with Gasteiger partial charge in [0.1, 0.15) is 5.01 Å². The largest absolute Gasteiger partial charge is 0.392 e. The van der Waals surface area contributed by atoms with E-state index in [1.807, 2.05) is 36.6 Å². The molecule has 1 heterocycles. The summed E-state index contributed by atoms with van der Waals surface area (Å²) in [5, 5.41) is 14.6. The van der Waals surface area contributed by atoms with Crippen molar-refractivity contribution in [3.05, 3.63) is 40.9 Å². The van der Waals surface area contributed by atoms with Crippen LogP contribution in [0.4, 0.5) is 0 Å². The van der Waals surface area contributed by atoms with Crippen LogP contribution in [0.25, 0.3) is 10.6 Å². The molecule has 1 aromatic heterocycles. The lowest BCUT2D eigenvalue weighted by Crippen LogP contribution is -2.31. The predicted molar refractivity (Wildman–Crippen MR) is 80.7 cm³/mol. The van der Waals surface area contributed by atoms with E-state index >= 15 is 0 Å². The normalized spacial score (nSPS) is 12.2. The molecule has 1 atom stereocenters. The minimum atomic E-state index is -0.530. The molecule has 2 N–H and O–H groups in total. The highest BCUT2D eigenvalue weighted by molar-refractivity contribution is 7.13. The molecule has 2 aromatic rings. The number of thiazole rings is 1. The summed E-state index contributed by atoms with van der Waals surface area (Å²) < 4.78 is 0. The number of benzene rings is 1. The number of aromatic nitrogens is 1. The van der Waals surface area contributed by atoms with Crippen LogP contribution >= 0.6 is 11.3 Å². The third-order valence-corrected chi connectivity index (χ3v) is 3.73. The summed E-state index contributed by atoms with van der Waals surface area (Å²) in [7, 11) is 0. The third kappa shape index (κ3) is 4.15. The van der Waals surface area contributed by atoms with Gasteiger partial charge in [-0.2, -0.15) is 0 Å². The minimum absolute atomic E-state index is 0.119. The van der Waals surface area contributed by atoms with E-state index in [9.17, 15) is 4.79 Å². The van der Waals surface area contributed by atoms with Gasteiger partial charge in [0.15, 0.2) is 0 Å². The number of carbonyl (C=O) groups excluding carboxylic acids is 1. The predicted octanol–water partition coefficient (Wildman–Crippen LogP) is 2.16. The standard InChI is InChI=1S/C15H18N2O2S/c1-10-3-5-12(6-4-10)15-17-13(9-20-15)7-14(19)16-8-11(2)18/h3-6,9,11,18H,7-8H2,1-2H3,(H,16,19). The zero-order chi connectivity index (χ0) is 14.5. The molecule has 4 nitrogen and oxygen atoms in total. The second-order valence-corrected chi connectivity index (χ2v) is 5.70. The first-order valence-corrected chi connectivity index (χ1v) is 7.39. The van der Waals surface area contributed by atoms with Gasteiger partial charge in [0.25, 0.3) is 0 Å². The lowest BCUT2D eigenvalue weighted by Gasteiger charge is -2.05. The number of hydrogen-bond donors (Lipinski definition) is 2. The van der Waals surface area contributed by atoms with Crippen molar-refractivity contribution in [3.63, 3.8) is 0 Å². The SMILES string of the molecule is Cc1ccc(-c2nc(CC(=O)NCC(C)O)cs2)cc1. The molecule has 0 spiro atoms. The van der Waals surface area contributed by atoms with Crippen LogP contribution in [0.3, 0.4) is 0 Å². The molecule has 1 unspecified atom stereocenters. The van der Waals surface area contributed by atoms with Crippen LogP contribution in [0.2, 0.25) is 0 Å². The molecule has 0 aliphatic rings. The zero-order valence-electron chi connectivity index (χ0n) is 11.6. The van der Waals surface area contributed by atoms with Crippen LogP contribution in [-0.2, 0) is 11.2 Å². The van der Waals surface area contributed by atoms with E-state index < -0.39 is 6.10 Å². The van der Waals surface area contributed by atoms with E-state index in [1.54, 1.807) is 6.92 Å². The molecule has 0 radical (unpaired) electrons. The molecule has 5 heteroatoms. The second kappa shape index (κ2) is 6.63. The Bertz CT molecular complexity index is 576. The van der Waals surface area contributed by atoms with E-state index in [4.69, 9.17) is 5.11 Å². The third-order valence-electron chi connectivity index (χ3n) is 2.79. The van der Waals surface area contributed by atoms with Gasteiger partial charge >= 0.3 is 0 Å². The summed E-state index contributed by atoms with van der Waals surface area (Å²) in [5.74, 6) is -0.119. The summed E-state index contributed by atoms with van der Waals surface area (Å²) in [6.07, 6.45) is -0.285. The number of hydrogen-bond acceptors (Lipinski definition) is 4. The highest BCUT2D eigenvalue weighted by Gasteiger charge is 2.09. The molecule has 1 amide bonds. The van der Waals surface area contributed by atoms with Crippen molar-refractivity contribution >= 4 is 17.2 Å². The van der Waals surface area contributed by atoms with Crippen LogP contribution in [0.5, 0.6) is 0 Å². The first-order chi connectivity index (χ1) is 9.54. The fourth-order valence-corrected chi connectivity index (χ4v) is 2.53. The minimum Gasteiger partial charge on any atom is -0.392 e. The molecule has 0 aliphatic heterocycles. The van der Waals surface area contributed by atoms with E-state index in [0.29, 0.717) is 0 Å². The van der Waals surface area contributed by atoms with Gasteiger partial charge in [-0.15, -0.1) is 11.3 Å². The van der Waals surface area contributed by atoms with Gasteiger partial charge < -0.3 is 10.4 Å². The number of aliphatic hydroxyl groups is 1. The number of carbonyl (C=O) groups is 1. The molecule has 0 saturated heterocycles. The lowest BCUT2D eigenvalue weighted by atomic mass is 10.2. The van der Waals surface area contributed by atoms with Gasteiger partial charge in [0.05, 0.1) is 18.2 Å². The summed E-state index contributed by atoms with van der Waals surface area (Å²) in [6, 6.07) is 8.16. The van der Waals surface area contributed by atoms with Gasteiger partial charge in [-0.3, -0.25) is 4.79 Å². The highest BCUT2D eigenvalue weighted by Crippen LogP contribution is 2.24. The van der Waals surface area contributed by atoms with Gasteiger partial charge in [-0.25, -0.2) is 4.98 Å². The Morgan fingerprint density at radius 3 is 2.75 bits per heavy atom. The first-order valence-electron chi connectivity index (χ1n) is 6.51. The van der Waals surface area contributed by atoms with Gasteiger partial charge in [-0.1, -0.05) is 29.8 Å². The van der Waals surface area contributed by atoms with E-state index in [0.717, 1.165) is 16.3 Å². The highest BCUT2D eigenvalue weighted by atomic mass is 32.1. The molecule has 2 rings (SSSR count). The molecular weight excluding hydrogens is 272 g/mol. The van der Waals surface area contributed by atoms with Crippen LogP contribution in [-0.4, -0.2) is 28.6 Å². The summed E-state index contributed by atoms with van der Waals surface area (Å²) in [4.78, 5) is 16.1. The summed E-state index contributed by atoms with van der Waals surface area (Å²) in [5.41, 5.74) is 3.04. The van der Waals surface area contributed by atoms with Crippen molar-refractivity contribution in [2.24, 2.45) is 0 Å². The van der Waals surface area contributed by atoms with Crippen molar-refractivity contribution in [1.82, 2.24) is 10.3 Å². The smallest absolute Gasteiger partial charge is 0.226 e. The maximum Gasteiger partial charge on any atom is 0.226 e. The fourth-order valence-electron chi connectivity index (χ4n) is 1.71. The number of aryl methyl sites for hydroxylation is 1. The molecule has 0 fully saturated rings. The number of amides is 1. The Balaban J connectivity index is 1.98. The maximum absolute atomic E-state index is 11.6. The van der Waals surface area contributed by atoms with Crippen molar-refractivity contribution in [2.75, 3.05) is 6.54 Å². The Morgan fingerprint density at radius 2 is 2.10 bits per heavy atom. The van der Waals surface area contributed by atoms with Crippen molar-refractivity contribution < 1.29 is 9.90 Å². The van der Waals surface area contributed by atoms with Crippen LogP contribution in [0.1, 0.15) is 18.2 Å².